The second-order valence-electron chi connectivity index (χ2n) is 9.80. The summed E-state index contributed by atoms with van der Waals surface area (Å²) in [6, 6.07) is 13.9. The fraction of sp³-hybridized carbons (Fsp3) is 0.267. The third-order valence-corrected chi connectivity index (χ3v) is 7.00. The van der Waals surface area contributed by atoms with Crippen molar-refractivity contribution < 1.29 is 33.4 Å². The summed E-state index contributed by atoms with van der Waals surface area (Å²) in [5.41, 5.74) is 1.96. The van der Waals surface area contributed by atoms with Crippen molar-refractivity contribution in [1.29, 1.82) is 0 Å². The van der Waals surface area contributed by atoms with Crippen molar-refractivity contribution in [3.63, 3.8) is 0 Å². The molecule has 13 heteroatoms. The van der Waals surface area contributed by atoms with Gasteiger partial charge in [-0.15, -0.1) is 0 Å². The van der Waals surface area contributed by atoms with E-state index in [9.17, 15) is 19.2 Å². The van der Waals surface area contributed by atoms with Crippen LogP contribution in [0.25, 0.3) is 0 Å². The van der Waals surface area contributed by atoms with Crippen molar-refractivity contribution in [2.24, 2.45) is 0 Å². The second kappa shape index (κ2) is 14.2. The van der Waals surface area contributed by atoms with Gasteiger partial charge in [0.1, 0.15) is 18.4 Å². The van der Waals surface area contributed by atoms with Gasteiger partial charge in [-0.25, -0.2) is 0 Å². The first-order chi connectivity index (χ1) is 20.5. The van der Waals surface area contributed by atoms with Crippen LogP contribution in [0, 0.1) is 0 Å². The van der Waals surface area contributed by atoms with Crippen LogP contribution >= 0.6 is 23.2 Å². The SMILES string of the molecule is COC(=O)CC[C@H]1NC(=O)c2cc(Oc3ccc(Cl)c(N(C)C)c3)c(NC(=O)COCc3ccc(Cl)cc3)cc2NC1=O. The molecule has 1 atom stereocenters. The van der Waals surface area contributed by atoms with Gasteiger partial charge in [-0.2, -0.15) is 0 Å². The summed E-state index contributed by atoms with van der Waals surface area (Å²) in [7, 11) is 4.89. The summed E-state index contributed by atoms with van der Waals surface area (Å²) in [6.45, 7) is -0.104. The Balaban J connectivity index is 1.60. The summed E-state index contributed by atoms with van der Waals surface area (Å²) in [5, 5.41) is 9.18. The van der Waals surface area contributed by atoms with Crippen LogP contribution < -0.4 is 25.6 Å². The molecule has 3 aromatic carbocycles. The summed E-state index contributed by atoms with van der Waals surface area (Å²) in [4.78, 5) is 52.4. The van der Waals surface area contributed by atoms with Crippen LogP contribution in [0.3, 0.4) is 0 Å². The number of carbonyl (C=O) groups is 4. The number of ether oxygens (including phenoxy) is 3. The van der Waals surface area contributed by atoms with E-state index in [0.29, 0.717) is 21.5 Å². The Hall–Kier alpha value is -4.32. The van der Waals surface area contributed by atoms with Crippen LogP contribution in [-0.4, -0.2) is 57.5 Å². The quantitative estimate of drug-likeness (QED) is 0.252. The maximum absolute atomic E-state index is 13.2. The second-order valence-corrected chi connectivity index (χ2v) is 10.6. The maximum Gasteiger partial charge on any atom is 0.305 e. The third kappa shape index (κ3) is 8.38. The number of amides is 3. The maximum atomic E-state index is 13.2. The Morgan fingerprint density at radius 1 is 1.02 bits per heavy atom. The number of rotatable bonds is 11. The van der Waals surface area contributed by atoms with Crippen LogP contribution in [0.15, 0.2) is 54.6 Å². The first-order valence-electron chi connectivity index (χ1n) is 13.2. The monoisotopic (exact) mass is 628 g/mol. The van der Waals surface area contributed by atoms with Gasteiger partial charge < -0.3 is 35.1 Å². The van der Waals surface area contributed by atoms with E-state index >= 15 is 0 Å². The Morgan fingerprint density at radius 3 is 2.47 bits per heavy atom. The van der Waals surface area contributed by atoms with Gasteiger partial charge in [0.15, 0.2) is 5.75 Å². The molecule has 1 aliphatic heterocycles. The molecule has 0 fully saturated rings. The molecule has 1 aliphatic rings. The number of hydrogen-bond donors (Lipinski definition) is 3. The van der Waals surface area contributed by atoms with E-state index in [1.54, 1.807) is 42.5 Å². The lowest BCUT2D eigenvalue weighted by atomic mass is 10.1. The highest BCUT2D eigenvalue weighted by molar-refractivity contribution is 6.33. The summed E-state index contributed by atoms with van der Waals surface area (Å²) in [5.74, 6) is -1.58. The van der Waals surface area contributed by atoms with Gasteiger partial charge in [0.25, 0.3) is 5.91 Å². The van der Waals surface area contributed by atoms with Crippen molar-refractivity contribution in [2.75, 3.05) is 43.3 Å². The number of fused-ring (bicyclic) bond motifs is 1. The summed E-state index contributed by atoms with van der Waals surface area (Å²) in [6.07, 6.45) is -0.0318. The number of carbonyl (C=O) groups excluding carboxylic acids is 4. The average Bonchev–Trinajstić information content (AvgIpc) is 3.08. The van der Waals surface area contributed by atoms with Crippen molar-refractivity contribution in [3.8, 4) is 11.5 Å². The molecule has 0 saturated carbocycles. The predicted octanol–water partition coefficient (Wildman–Crippen LogP) is 5.01. The number of halogens is 2. The minimum absolute atomic E-state index is 0.0359. The van der Waals surface area contributed by atoms with E-state index in [1.807, 2.05) is 19.0 Å². The molecule has 226 valence electrons. The van der Waals surface area contributed by atoms with Crippen LogP contribution in [-0.2, 0) is 30.5 Å². The highest BCUT2D eigenvalue weighted by atomic mass is 35.5. The number of benzene rings is 3. The molecule has 0 unspecified atom stereocenters. The van der Waals surface area contributed by atoms with Gasteiger partial charge in [-0.05, 0) is 48.4 Å². The zero-order valence-corrected chi connectivity index (χ0v) is 25.2. The Labute approximate surface area is 258 Å². The first kappa shape index (κ1) is 31.6. The standard InChI is InChI=1S/C30H30Cl2N4O7/c1-36(2)25-12-19(8-9-21(25)32)43-26-13-20-23(35-30(40)22(34-29(20)39)10-11-28(38)41-3)14-24(26)33-27(37)16-42-15-17-4-6-18(31)7-5-17/h4-9,12-14,22H,10-11,15-16H2,1-3H3,(H,33,37)(H,34,39)(H,35,40)/t22-/m1/s1. The fourth-order valence-corrected chi connectivity index (χ4v) is 4.61. The van der Waals surface area contributed by atoms with Crippen molar-refractivity contribution in [2.45, 2.75) is 25.5 Å². The molecule has 3 amide bonds. The molecule has 0 spiro atoms. The van der Waals surface area contributed by atoms with Crippen molar-refractivity contribution in [3.05, 3.63) is 75.8 Å². The molecular formula is C30H30Cl2N4O7. The molecule has 0 saturated heterocycles. The van der Waals surface area contributed by atoms with E-state index in [4.69, 9.17) is 32.7 Å². The fourth-order valence-electron chi connectivity index (χ4n) is 4.20. The van der Waals surface area contributed by atoms with E-state index in [2.05, 4.69) is 20.7 Å². The molecule has 43 heavy (non-hydrogen) atoms. The molecule has 11 nitrogen and oxygen atoms in total. The van der Waals surface area contributed by atoms with Crippen LogP contribution in [0.5, 0.6) is 11.5 Å². The Bertz CT molecular complexity index is 1530. The van der Waals surface area contributed by atoms with Crippen molar-refractivity contribution >= 4 is 64.0 Å². The molecule has 3 aromatic rings. The van der Waals surface area contributed by atoms with Crippen molar-refractivity contribution in [1.82, 2.24) is 5.32 Å². The highest BCUT2D eigenvalue weighted by Gasteiger charge is 2.30. The molecular weight excluding hydrogens is 599 g/mol. The van der Waals surface area contributed by atoms with E-state index in [-0.39, 0.29) is 48.7 Å². The van der Waals surface area contributed by atoms with Gasteiger partial charge in [0, 0.05) is 31.6 Å². The lowest BCUT2D eigenvalue weighted by Gasteiger charge is -2.18. The predicted molar refractivity (Wildman–Crippen MR) is 163 cm³/mol. The Kier molecular flexibility index (Phi) is 10.5. The van der Waals surface area contributed by atoms with Crippen LogP contribution in [0.2, 0.25) is 10.0 Å². The third-order valence-electron chi connectivity index (χ3n) is 6.43. The van der Waals surface area contributed by atoms with E-state index in [1.165, 1.54) is 19.2 Å². The normalized spacial score (nSPS) is 14.1. The van der Waals surface area contributed by atoms with Gasteiger partial charge in [-0.1, -0.05) is 35.3 Å². The van der Waals surface area contributed by atoms with Crippen LogP contribution in [0.1, 0.15) is 28.8 Å². The van der Waals surface area contributed by atoms with Crippen LogP contribution in [0.4, 0.5) is 17.1 Å². The zero-order valence-electron chi connectivity index (χ0n) is 23.7. The molecule has 0 radical (unpaired) electrons. The van der Waals surface area contributed by atoms with Gasteiger partial charge in [0.2, 0.25) is 11.8 Å². The van der Waals surface area contributed by atoms with Gasteiger partial charge in [0.05, 0.1) is 41.4 Å². The van der Waals surface area contributed by atoms with E-state index in [0.717, 1.165) is 5.56 Å². The zero-order chi connectivity index (χ0) is 31.1. The van der Waals surface area contributed by atoms with E-state index < -0.39 is 29.7 Å². The number of esters is 1. The molecule has 0 aromatic heterocycles. The number of nitrogens with zero attached hydrogens (tertiary/aromatic N) is 1. The topological polar surface area (TPSA) is 135 Å². The highest BCUT2D eigenvalue weighted by Crippen LogP contribution is 2.38. The number of nitrogens with one attached hydrogen (secondary N) is 3. The largest absolute Gasteiger partial charge is 0.469 e. The summed E-state index contributed by atoms with van der Waals surface area (Å²) < 4.78 is 16.3. The minimum Gasteiger partial charge on any atom is -0.469 e. The lowest BCUT2D eigenvalue weighted by Crippen LogP contribution is -2.41. The molecule has 1 heterocycles. The number of methoxy groups -OCH3 is 1. The first-order valence-corrected chi connectivity index (χ1v) is 13.9. The average molecular weight is 629 g/mol. The van der Waals surface area contributed by atoms with Gasteiger partial charge >= 0.3 is 5.97 Å². The molecule has 4 rings (SSSR count). The Morgan fingerprint density at radius 2 is 1.77 bits per heavy atom. The molecule has 3 N–H and O–H groups in total. The number of anilines is 3. The summed E-state index contributed by atoms with van der Waals surface area (Å²) >= 11 is 12.2. The number of hydrogen-bond acceptors (Lipinski definition) is 8. The lowest BCUT2D eigenvalue weighted by molar-refractivity contribution is -0.140. The minimum atomic E-state index is -0.985. The molecule has 0 aliphatic carbocycles. The smallest absolute Gasteiger partial charge is 0.305 e. The molecule has 0 bridgehead atoms. The van der Waals surface area contributed by atoms with Gasteiger partial charge in [-0.3, -0.25) is 19.2 Å².